The lowest BCUT2D eigenvalue weighted by Crippen LogP contribution is -2.54. The number of carbonyl (C=O) groups is 5. The average molecular weight is 899 g/mol. The first-order chi connectivity index (χ1) is 31.5. The molecule has 1 unspecified atom stereocenters. The van der Waals surface area contributed by atoms with Crippen LogP contribution in [-0.2, 0) is 19.1 Å². The first-order valence-electron chi connectivity index (χ1n) is 22.5. The minimum Gasteiger partial charge on any atom is -0.382 e. The lowest BCUT2D eigenvalue weighted by molar-refractivity contribution is -0.136. The second-order valence-electron chi connectivity index (χ2n) is 18.1. The Bertz CT molecular complexity index is 2510. The third-order valence-corrected chi connectivity index (χ3v) is 13.8. The molecule has 10 rings (SSSR count). The second kappa shape index (κ2) is 17.8. The summed E-state index contributed by atoms with van der Waals surface area (Å²) < 4.78 is 43.5. The molecular formula is C44H52F2N12O7. The number of halogens is 2. The summed E-state index contributed by atoms with van der Waals surface area (Å²) in [5, 5.41) is 16.8. The summed E-state index contributed by atoms with van der Waals surface area (Å²) in [6.45, 7) is 6.35. The van der Waals surface area contributed by atoms with Crippen LogP contribution in [0.3, 0.4) is 0 Å². The number of ether oxygens (including phenoxy) is 2. The lowest BCUT2D eigenvalue weighted by Gasteiger charge is -2.35. The molecule has 8 heterocycles. The maximum absolute atomic E-state index is 14.3. The van der Waals surface area contributed by atoms with Crippen LogP contribution in [0.5, 0.6) is 0 Å². The molecule has 2 bridgehead atoms. The topological polar surface area (TPSA) is 201 Å². The van der Waals surface area contributed by atoms with E-state index in [9.17, 15) is 32.8 Å². The van der Waals surface area contributed by atoms with Gasteiger partial charge in [-0.25, -0.2) is 18.3 Å². The van der Waals surface area contributed by atoms with E-state index in [0.717, 1.165) is 75.5 Å². The molecule has 5 fully saturated rings. The number of imide groups is 2. The zero-order valence-electron chi connectivity index (χ0n) is 36.0. The fraction of sp³-hybridized carbons (Fsp3) is 0.545. The number of anilines is 3. The molecule has 6 aliphatic rings. The summed E-state index contributed by atoms with van der Waals surface area (Å²) in [7, 11) is 2.11. The Morgan fingerprint density at radius 3 is 2.63 bits per heavy atom. The molecule has 0 spiro atoms. The molecule has 4 saturated heterocycles. The SMILES string of the molecule is CN(CCN1CCO[C@@H](CNc2cccc3c2C(=O)N(C2CCC(=O)NC2=O)C3=O)C1)C[C@H]1CC[C@H](n2cc(NC(=O)c3cnn4ccc(N5C[C@H]6C[C@@H]5CO6)nc34)c(C(F)F)n2)CC1. The molecule has 65 heavy (non-hydrogen) atoms. The van der Waals surface area contributed by atoms with Gasteiger partial charge in [0, 0.05) is 70.3 Å². The quantitative estimate of drug-likeness (QED) is 0.156. The minimum absolute atomic E-state index is 0.0222. The summed E-state index contributed by atoms with van der Waals surface area (Å²) in [5.74, 6) is -1.60. The Morgan fingerprint density at radius 1 is 1.02 bits per heavy atom. The monoisotopic (exact) mass is 898 g/mol. The molecule has 1 aromatic carbocycles. The highest BCUT2D eigenvalue weighted by atomic mass is 19.3. The van der Waals surface area contributed by atoms with E-state index in [4.69, 9.17) is 14.5 Å². The van der Waals surface area contributed by atoms with Crippen molar-refractivity contribution >= 4 is 52.4 Å². The summed E-state index contributed by atoms with van der Waals surface area (Å²) in [6.07, 6.45) is 6.26. The predicted octanol–water partition coefficient (Wildman–Crippen LogP) is 2.97. The Morgan fingerprint density at radius 2 is 1.86 bits per heavy atom. The van der Waals surface area contributed by atoms with Gasteiger partial charge >= 0.3 is 0 Å². The van der Waals surface area contributed by atoms with Gasteiger partial charge in [-0.3, -0.25) is 43.8 Å². The van der Waals surface area contributed by atoms with E-state index in [1.807, 2.05) is 6.07 Å². The molecule has 344 valence electrons. The lowest BCUT2D eigenvalue weighted by atomic mass is 9.86. The van der Waals surface area contributed by atoms with Gasteiger partial charge < -0.3 is 29.9 Å². The predicted molar refractivity (Wildman–Crippen MR) is 230 cm³/mol. The van der Waals surface area contributed by atoms with Crippen molar-refractivity contribution < 1.29 is 42.2 Å². The normalized spacial score (nSPS) is 25.9. The molecule has 4 aromatic rings. The van der Waals surface area contributed by atoms with Crippen LogP contribution < -0.4 is 20.9 Å². The van der Waals surface area contributed by atoms with E-state index in [2.05, 4.69) is 47.9 Å². The molecule has 5 aliphatic heterocycles. The van der Waals surface area contributed by atoms with Crippen molar-refractivity contribution in [1.29, 1.82) is 0 Å². The Hall–Kier alpha value is -5.90. The van der Waals surface area contributed by atoms with Crippen LogP contribution in [0.25, 0.3) is 5.65 Å². The molecule has 1 saturated carbocycles. The van der Waals surface area contributed by atoms with Gasteiger partial charge in [0.05, 0.1) is 60.5 Å². The van der Waals surface area contributed by atoms with Crippen molar-refractivity contribution in [3.05, 3.63) is 65.2 Å². The number of morpholine rings is 2. The van der Waals surface area contributed by atoms with Crippen molar-refractivity contribution in [2.45, 2.75) is 81.7 Å². The highest BCUT2D eigenvalue weighted by Gasteiger charge is 2.46. The van der Waals surface area contributed by atoms with Crippen LogP contribution in [0.2, 0.25) is 0 Å². The van der Waals surface area contributed by atoms with E-state index in [-0.39, 0.29) is 59.5 Å². The van der Waals surface area contributed by atoms with Crippen molar-refractivity contribution in [3.63, 3.8) is 0 Å². The molecule has 1 aliphatic carbocycles. The number of carbonyl (C=O) groups excluding carboxylic acids is 5. The highest BCUT2D eigenvalue weighted by Crippen LogP contribution is 2.37. The van der Waals surface area contributed by atoms with E-state index in [1.54, 1.807) is 29.1 Å². The number of nitrogens with zero attached hydrogens (tertiary/aromatic N) is 9. The van der Waals surface area contributed by atoms with Crippen LogP contribution in [0.15, 0.2) is 42.9 Å². The average Bonchev–Trinajstić information content (AvgIpc) is 4.15. The molecule has 21 heteroatoms. The molecular weight excluding hydrogens is 847 g/mol. The zero-order valence-corrected chi connectivity index (χ0v) is 36.0. The fourth-order valence-corrected chi connectivity index (χ4v) is 10.3. The second-order valence-corrected chi connectivity index (χ2v) is 18.1. The standard InChI is InChI=1S/C44H52F2N12O7/c1-53(13-14-54-15-16-64-29(21-54)18-47-32-4-2-3-30-37(32)44(63)58(43(30)62)34-9-10-36(59)51-42(34)61)20-25-5-7-26(8-6-25)57-23-33(38(52-57)39(45)46)49-41(60)31-19-48-56-12-11-35(50-40(31)56)55-22-28-17-27(55)24-65-28/h2-4,11-12,19,23,25-29,34,39,47H,5-10,13-18,20-22,24H2,1H3,(H,49,60)(H,51,59,61)/t25-,26-,27-,28-,29+,34?/m1/s1. The Balaban J connectivity index is 0.687. The first kappa shape index (κ1) is 43.0. The number of nitrogens with one attached hydrogen (secondary N) is 3. The highest BCUT2D eigenvalue weighted by molar-refractivity contribution is 6.25. The van der Waals surface area contributed by atoms with Crippen LogP contribution in [0.4, 0.5) is 26.0 Å². The summed E-state index contributed by atoms with van der Waals surface area (Å²) in [4.78, 5) is 77.1. The third kappa shape index (κ3) is 8.57. The molecule has 4 atom stereocenters. The van der Waals surface area contributed by atoms with Crippen molar-refractivity contribution in [3.8, 4) is 0 Å². The number of amides is 5. The van der Waals surface area contributed by atoms with E-state index in [0.29, 0.717) is 43.6 Å². The molecule has 3 aromatic heterocycles. The summed E-state index contributed by atoms with van der Waals surface area (Å²) >= 11 is 0. The molecule has 0 radical (unpaired) electrons. The number of hydrogen-bond donors (Lipinski definition) is 3. The Labute approximate surface area is 372 Å². The maximum Gasteiger partial charge on any atom is 0.284 e. The van der Waals surface area contributed by atoms with Crippen molar-refractivity contribution in [1.82, 2.24) is 44.4 Å². The molecule has 19 nitrogen and oxygen atoms in total. The zero-order chi connectivity index (χ0) is 44.9. The first-order valence-corrected chi connectivity index (χ1v) is 22.5. The van der Waals surface area contributed by atoms with Gasteiger partial charge in [-0.2, -0.15) is 10.2 Å². The van der Waals surface area contributed by atoms with Crippen LogP contribution in [0, 0.1) is 5.92 Å². The largest absolute Gasteiger partial charge is 0.382 e. The fourth-order valence-electron chi connectivity index (χ4n) is 10.3. The molecule has 5 amide bonds. The summed E-state index contributed by atoms with van der Waals surface area (Å²) in [6, 6.07) is 5.99. The van der Waals surface area contributed by atoms with E-state index < -0.39 is 47.7 Å². The summed E-state index contributed by atoms with van der Waals surface area (Å²) in [5.41, 5.74) is 0.968. The third-order valence-electron chi connectivity index (χ3n) is 13.8. The van der Waals surface area contributed by atoms with Gasteiger partial charge in [-0.15, -0.1) is 0 Å². The number of fused-ring (bicyclic) bond motifs is 4. The number of piperidine rings is 1. The van der Waals surface area contributed by atoms with Gasteiger partial charge in [-0.1, -0.05) is 6.07 Å². The van der Waals surface area contributed by atoms with Gasteiger partial charge in [0.15, 0.2) is 11.3 Å². The molecule has 3 N–H and O–H groups in total. The number of hydrogen-bond acceptors (Lipinski definition) is 14. The van der Waals surface area contributed by atoms with Gasteiger partial charge in [-0.05, 0) is 69.7 Å². The van der Waals surface area contributed by atoms with Crippen LogP contribution >= 0.6 is 0 Å². The van der Waals surface area contributed by atoms with Gasteiger partial charge in [0.25, 0.3) is 24.1 Å². The Kier molecular flexibility index (Phi) is 11.8. The minimum atomic E-state index is -2.88. The number of rotatable bonds is 14. The van der Waals surface area contributed by atoms with Crippen molar-refractivity contribution in [2.24, 2.45) is 5.92 Å². The number of benzene rings is 1. The maximum atomic E-state index is 14.3. The number of aromatic nitrogens is 5. The number of likely N-dealkylation sites (N-methyl/N-ethyl adjacent to an activating group) is 1. The van der Waals surface area contributed by atoms with E-state index >= 15 is 0 Å². The van der Waals surface area contributed by atoms with E-state index in [1.165, 1.54) is 16.9 Å². The smallest absolute Gasteiger partial charge is 0.284 e. The van der Waals surface area contributed by atoms with Gasteiger partial charge in [0.1, 0.15) is 17.4 Å². The van der Waals surface area contributed by atoms with Crippen LogP contribution in [-0.4, -0.2) is 159 Å². The van der Waals surface area contributed by atoms with Gasteiger partial charge in [0.2, 0.25) is 11.8 Å². The number of alkyl halides is 2. The van der Waals surface area contributed by atoms with Crippen LogP contribution in [0.1, 0.15) is 94.2 Å². The van der Waals surface area contributed by atoms with Crippen molar-refractivity contribution in [2.75, 3.05) is 81.6 Å².